The maximum Gasteiger partial charge on any atom is 0.0807 e. The van der Waals surface area contributed by atoms with Gasteiger partial charge in [-0.3, -0.25) is 4.90 Å². The van der Waals surface area contributed by atoms with Gasteiger partial charge in [0.25, 0.3) is 0 Å². The van der Waals surface area contributed by atoms with Crippen molar-refractivity contribution in [3.63, 3.8) is 0 Å². The fourth-order valence-electron chi connectivity index (χ4n) is 1.65. The minimum atomic E-state index is -0.620. The predicted octanol–water partition coefficient (Wildman–Crippen LogP) is -0.646. The Morgan fingerprint density at radius 2 is 2.21 bits per heavy atom. The summed E-state index contributed by atoms with van der Waals surface area (Å²) in [7, 11) is 0. The van der Waals surface area contributed by atoms with Gasteiger partial charge in [0.15, 0.2) is 0 Å². The normalized spacial score (nSPS) is 20.6. The van der Waals surface area contributed by atoms with E-state index in [-0.39, 0.29) is 13.2 Å². The van der Waals surface area contributed by atoms with E-state index in [2.05, 4.69) is 11.0 Å². The van der Waals surface area contributed by atoms with Crippen LogP contribution in [-0.2, 0) is 0 Å². The Balaban J connectivity index is 2.29. The fraction of sp³-hybridized carbons (Fsp3) is 0.800. The molecule has 1 aliphatic rings. The molecular formula is C10H19NO3. The predicted molar refractivity (Wildman–Crippen MR) is 53.9 cm³/mol. The zero-order valence-corrected chi connectivity index (χ0v) is 8.39. The molecule has 0 saturated carbocycles. The molecule has 1 unspecified atom stereocenters. The van der Waals surface area contributed by atoms with E-state index in [4.69, 9.17) is 10.2 Å². The second-order valence-corrected chi connectivity index (χ2v) is 3.68. The summed E-state index contributed by atoms with van der Waals surface area (Å²) in [6.07, 6.45) is 2.96. The Labute approximate surface area is 84.5 Å². The summed E-state index contributed by atoms with van der Waals surface area (Å²) < 4.78 is 0. The Hall–Kier alpha value is -0.420. The van der Waals surface area contributed by atoms with Gasteiger partial charge in [0.2, 0.25) is 0 Å². The number of nitrogens with zero attached hydrogens (tertiary/aromatic N) is 1. The van der Waals surface area contributed by atoms with Crippen LogP contribution in [0.2, 0.25) is 0 Å². The minimum Gasteiger partial charge on any atom is -0.395 e. The van der Waals surface area contributed by atoms with E-state index in [1.54, 1.807) is 0 Å². The van der Waals surface area contributed by atoms with Crippen molar-refractivity contribution in [3.05, 3.63) is 11.6 Å². The summed E-state index contributed by atoms with van der Waals surface area (Å²) >= 11 is 0. The Morgan fingerprint density at radius 3 is 2.71 bits per heavy atom. The molecule has 1 rings (SSSR count). The Kier molecular flexibility index (Phi) is 5.11. The monoisotopic (exact) mass is 201 g/mol. The largest absolute Gasteiger partial charge is 0.395 e. The third-order valence-corrected chi connectivity index (χ3v) is 2.51. The lowest BCUT2D eigenvalue weighted by Gasteiger charge is -2.26. The van der Waals surface area contributed by atoms with E-state index >= 15 is 0 Å². The number of aliphatic hydroxyl groups excluding tert-OH is 3. The molecular weight excluding hydrogens is 182 g/mol. The van der Waals surface area contributed by atoms with Crippen LogP contribution in [0.4, 0.5) is 0 Å². The molecule has 0 aromatic rings. The first kappa shape index (κ1) is 11.7. The first-order valence-electron chi connectivity index (χ1n) is 5.06. The van der Waals surface area contributed by atoms with Crippen LogP contribution in [-0.4, -0.2) is 59.2 Å². The average molecular weight is 201 g/mol. The summed E-state index contributed by atoms with van der Waals surface area (Å²) in [5.74, 6) is 0. The number of rotatable bonds is 5. The summed E-state index contributed by atoms with van der Waals surface area (Å²) in [4.78, 5) is 2.16. The van der Waals surface area contributed by atoms with Gasteiger partial charge in [-0.25, -0.2) is 0 Å². The highest BCUT2D eigenvalue weighted by atomic mass is 16.3. The fourth-order valence-corrected chi connectivity index (χ4v) is 1.65. The molecule has 0 aromatic carbocycles. The van der Waals surface area contributed by atoms with Crippen LogP contribution in [0.15, 0.2) is 11.6 Å². The molecule has 0 fully saturated rings. The van der Waals surface area contributed by atoms with E-state index in [0.717, 1.165) is 19.5 Å². The second-order valence-electron chi connectivity index (χ2n) is 3.68. The number of β-amino-alcohol motifs (C(OH)–C–C–N with tert-alkyl or cyclic N) is 1. The molecule has 14 heavy (non-hydrogen) atoms. The molecule has 0 spiro atoms. The Bertz CT molecular complexity index is 194. The van der Waals surface area contributed by atoms with Gasteiger partial charge in [0, 0.05) is 19.6 Å². The van der Waals surface area contributed by atoms with Crippen LogP contribution in [0.1, 0.15) is 12.8 Å². The van der Waals surface area contributed by atoms with Gasteiger partial charge in [-0.05, 0) is 12.8 Å². The van der Waals surface area contributed by atoms with E-state index in [9.17, 15) is 5.11 Å². The molecule has 1 heterocycles. The number of hydrogen-bond donors (Lipinski definition) is 3. The molecule has 82 valence electrons. The zero-order chi connectivity index (χ0) is 10.4. The van der Waals surface area contributed by atoms with Crippen molar-refractivity contribution < 1.29 is 15.3 Å². The van der Waals surface area contributed by atoms with Crippen molar-refractivity contribution in [1.82, 2.24) is 4.90 Å². The highest BCUT2D eigenvalue weighted by Gasteiger charge is 2.13. The zero-order valence-electron chi connectivity index (χ0n) is 8.39. The molecule has 1 atom stereocenters. The number of aliphatic hydroxyl groups is 3. The molecule has 0 aliphatic carbocycles. The lowest BCUT2D eigenvalue weighted by Crippen LogP contribution is -2.32. The van der Waals surface area contributed by atoms with Crippen LogP contribution in [0, 0.1) is 0 Å². The highest BCUT2D eigenvalue weighted by molar-refractivity contribution is 5.08. The van der Waals surface area contributed by atoms with E-state index < -0.39 is 6.10 Å². The quantitative estimate of drug-likeness (QED) is 0.517. The lowest BCUT2D eigenvalue weighted by molar-refractivity contribution is 0.0935. The van der Waals surface area contributed by atoms with Crippen LogP contribution in [0.5, 0.6) is 0 Å². The van der Waals surface area contributed by atoms with Crippen LogP contribution in [0.25, 0.3) is 0 Å². The molecule has 1 aliphatic heterocycles. The summed E-state index contributed by atoms with van der Waals surface area (Å²) in [5.41, 5.74) is 1.21. The molecule has 0 amide bonds. The lowest BCUT2D eigenvalue weighted by atomic mass is 10.0. The van der Waals surface area contributed by atoms with Crippen molar-refractivity contribution in [2.75, 3.05) is 32.8 Å². The maximum atomic E-state index is 9.24. The molecule has 0 radical (unpaired) electrons. The molecule has 4 nitrogen and oxygen atoms in total. The molecule has 0 aromatic heterocycles. The standard InChI is InChI=1S/C10H19NO3/c12-6-5-11-3-1-9(2-4-11)7-10(14)8-13/h1,10,12-14H,2-8H2. The molecule has 0 bridgehead atoms. The maximum absolute atomic E-state index is 9.24. The van der Waals surface area contributed by atoms with Gasteiger partial charge in [-0.2, -0.15) is 0 Å². The number of hydrogen-bond acceptors (Lipinski definition) is 4. The van der Waals surface area contributed by atoms with Crippen molar-refractivity contribution in [2.24, 2.45) is 0 Å². The smallest absolute Gasteiger partial charge is 0.0807 e. The highest BCUT2D eigenvalue weighted by Crippen LogP contribution is 2.15. The second kappa shape index (κ2) is 6.14. The minimum absolute atomic E-state index is 0.169. The molecule has 4 heteroatoms. The average Bonchev–Trinajstić information content (AvgIpc) is 2.21. The van der Waals surface area contributed by atoms with Crippen molar-refractivity contribution in [2.45, 2.75) is 18.9 Å². The van der Waals surface area contributed by atoms with Gasteiger partial charge >= 0.3 is 0 Å². The van der Waals surface area contributed by atoms with Crippen LogP contribution < -0.4 is 0 Å². The van der Waals surface area contributed by atoms with Gasteiger partial charge in [-0.1, -0.05) is 11.6 Å². The van der Waals surface area contributed by atoms with Crippen LogP contribution >= 0.6 is 0 Å². The van der Waals surface area contributed by atoms with Gasteiger partial charge in [0.1, 0.15) is 0 Å². The topological polar surface area (TPSA) is 63.9 Å². The van der Waals surface area contributed by atoms with Crippen molar-refractivity contribution in [3.8, 4) is 0 Å². The SMILES string of the molecule is OCCN1CC=C(CC(O)CO)CC1. The summed E-state index contributed by atoms with van der Waals surface area (Å²) in [6.45, 7) is 2.52. The first-order valence-corrected chi connectivity index (χ1v) is 5.06. The van der Waals surface area contributed by atoms with Crippen molar-refractivity contribution >= 4 is 0 Å². The molecule has 0 saturated heterocycles. The van der Waals surface area contributed by atoms with E-state index in [1.165, 1.54) is 5.57 Å². The van der Waals surface area contributed by atoms with E-state index in [0.29, 0.717) is 13.0 Å². The van der Waals surface area contributed by atoms with Gasteiger partial charge < -0.3 is 15.3 Å². The van der Waals surface area contributed by atoms with Gasteiger partial charge in [0.05, 0.1) is 19.3 Å². The van der Waals surface area contributed by atoms with E-state index in [1.807, 2.05) is 0 Å². The summed E-state index contributed by atoms with van der Waals surface area (Å²) in [6, 6.07) is 0. The van der Waals surface area contributed by atoms with Crippen molar-refractivity contribution in [1.29, 1.82) is 0 Å². The third-order valence-electron chi connectivity index (χ3n) is 2.51. The third kappa shape index (κ3) is 3.75. The van der Waals surface area contributed by atoms with Crippen LogP contribution in [0.3, 0.4) is 0 Å². The molecule has 3 N–H and O–H groups in total. The summed E-state index contributed by atoms with van der Waals surface area (Å²) in [5, 5.41) is 26.6. The van der Waals surface area contributed by atoms with Gasteiger partial charge in [-0.15, -0.1) is 0 Å². The first-order chi connectivity index (χ1) is 6.76. The Morgan fingerprint density at radius 1 is 1.43 bits per heavy atom.